The van der Waals surface area contributed by atoms with Gasteiger partial charge < -0.3 is 29.9 Å². The zero-order chi connectivity index (χ0) is 28.1. The first-order valence-electron chi connectivity index (χ1n) is 12.3. The number of piperazine rings is 1. The molecule has 3 aliphatic heterocycles. The first-order valence-corrected chi connectivity index (χ1v) is 12.6. The summed E-state index contributed by atoms with van der Waals surface area (Å²) in [5.74, 6) is -0.814. The van der Waals surface area contributed by atoms with E-state index in [9.17, 15) is 22.8 Å². The zero-order valence-corrected chi connectivity index (χ0v) is 21.8. The van der Waals surface area contributed by atoms with E-state index in [0.717, 1.165) is 6.07 Å². The van der Waals surface area contributed by atoms with Crippen LogP contribution in [0.15, 0.2) is 18.7 Å². The highest BCUT2D eigenvalue weighted by atomic mass is 35.5. The van der Waals surface area contributed by atoms with Gasteiger partial charge in [-0.15, -0.1) is 0 Å². The van der Waals surface area contributed by atoms with E-state index in [1.165, 1.54) is 13.0 Å². The van der Waals surface area contributed by atoms with Crippen molar-refractivity contribution in [3.05, 3.63) is 40.4 Å². The van der Waals surface area contributed by atoms with Crippen molar-refractivity contribution in [2.75, 3.05) is 63.2 Å². The molecule has 2 aromatic rings. The summed E-state index contributed by atoms with van der Waals surface area (Å²) in [5.41, 5.74) is 3.87. The summed E-state index contributed by atoms with van der Waals surface area (Å²) in [4.78, 5) is 39.6. The number of amides is 2. The fraction of sp³-hybridized carbons (Fsp3) is 0.440. The summed E-state index contributed by atoms with van der Waals surface area (Å²) in [6.07, 6.45) is -3.58. The summed E-state index contributed by atoms with van der Waals surface area (Å²) in [6, 6.07) is 0.610. The van der Waals surface area contributed by atoms with Crippen molar-refractivity contribution < 1.29 is 32.2 Å². The van der Waals surface area contributed by atoms with Crippen LogP contribution in [0.4, 0.5) is 24.8 Å². The fourth-order valence-electron chi connectivity index (χ4n) is 5.16. The topological polar surface area (TPSA) is 114 Å². The van der Waals surface area contributed by atoms with Gasteiger partial charge in [-0.3, -0.25) is 9.59 Å². The summed E-state index contributed by atoms with van der Waals surface area (Å²) in [5, 5.41) is -0.280. The molecule has 0 unspecified atom stereocenters. The van der Waals surface area contributed by atoms with Gasteiger partial charge in [0.2, 0.25) is 5.91 Å². The van der Waals surface area contributed by atoms with Crippen LogP contribution < -0.4 is 15.4 Å². The SMILES string of the molecule is C=CC(=O)N1CCN2C(=O)c3c(N4CCOCC4)nc(-c4nc(N)cc(C)c4C(F)(F)F)c(Cl)c3OC[C@H]2C1. The van der Waals surface area contributed by atoms with Gasteiger partial charge in [0.25, 0.3) is 5.91 Å². The lowest BCUT2D eigenvalue weighted by Gasteiger charge is -2.39. The Balaban J connectivity index is 1.70. The number of ether oxygens (including phenoxy) is 2. The molecule has 5 rings (SSSR count). The van der Waals surface area contributed by atoms with Crippen LogP contribution in [0.3, 0.4) is 0 Å². The van der Waals surface area contributed by atoms with E-state index in [0.29, 0.717) is 26.3 Å². The third kappa shape index (κ3) is 4.84. The molecule has 2 N–H and O–H groups in total. The molecule has 1 atom stereocenters. The Morgan fingerprint density at radius 3 is 2.59 bits per heavy atom. The van der Waals surface area contributed by atoms with Crippen LogP contribution >= 0.6 is 11.6 Å². The van der Waals surface area contributed by atoms with E-state index < -0.39 is 29.4 Å². The minimum atomic E-state index is -4.78. The molecular weight excluding hydrogens is 541 g/mol. The van der Waals surface area contributed by atoms with Crippen LogP contribution in [0.2, 0.25) is 5.02 Å². The molecule has 0 spiro atoms. The highest BCUT2D eigenvalue weighted by Gasteiger charge is 2.43. The van der Waals surface area contributed by atoms with E-state index in [4.69, 9.17) is 26.8 Å². The van der Waals surface area contributed by atoms with Gasteiger partial charge in [-0.25, -0.2) is 9.97 Å². The minimum absolute atomic E-state index is 0.0408. The molecule has 208 valence electrons. The average molecular weight is 567 g/mol. The first-order chi connectivity index (χ1) is 18.5. The molecule has 3 aliphatic rings. The van der Waals surface area contributed by atoms with Gasteiger partial charge in [-0.05, 0) is 24.6 Å². The maximum Gasteiger partial charge on any atom is 0.418 e. The molecule has 14 heteroatoms. The van der Waals surface area contributed by atoms with Crippen molar-refractivity contribution in [1.82, 2.24) is 19.8 Å². The van der Waals surface area contributed by atoms with Crippen molar-refractivity contribution in [2.24, 2.45) is 0 Å². The molecule has 0 aliphatic carbocycles. The molecule has 2 aromatic heterocycles. The minimum Gasteiger partial charge on any atom is -0.489 e. The Bertz CT molecular complexity index is 1350. The highest BCUT2D eigenvalue weighted by molar-refractivity contribution is 6.35. The van der Waals surface area contributed by atoms with Gasteiger partial charge in [-0.2, -0.15) is 13.2 Å². The number of carbonyl (C=O) groups excluding carboxylic acids is 2. The maximum atomic E-state index is 14.2. The number of hydrogen-bond donors (Lipinski definition) is 1. The number of nitrogen functional groups attached to an aromatic ring is 1. The van der Waals surface area contributed by atoms with Gasteiger partial charge in [-0.1, -0.05) is 18.2 Å². The standard InChI is InChI=1S/C25H26ClF3N6O4/c1-3-16(36)34-4-5-35-14(11-34)12-39-22-17(24(35)37)23(33-6-8-38-9-7-33)32-21(19(22)26)20-18(25(27,28)29)13(2)10-15(30)31-20/h3,10,14H,1,4-9,11-12H2,2H3,(H2,30,31)/t14-/m1/s1. The smallest absolute Gasteiger partial charge is 0.418 e. The average Bonchev–Trinajstić information content (AvgIpc) is 3.04. The quantitative estimate of drug-likeness (QED) is 0.564. The summed E-state index contributed by atoms with van der Waals surface area (Å²) < 4.78 is 54.1. The van der Waals surface area contributed by atoms with E-state index in [-0.39, 0.29) is 71.4 Å². The highest BCUT2D eigenvalue weighted by Crippen LogP contribution is 2.46. The summed E-state index contributed by atoms with van der Waals surface area (Å²) in [7, 11) is 0. The number of fused-ring (bicyclic) bond motifs is 2. The number of pyridine rings is 2. The van der Waals surface area contributed by atoms with Crippen molar-refractivity contribution in [3.8, 4) is 17.1 Å². The van der Waals surface area contributed by atoms with Crippen LogP contribution in [0.25, 0.3) is 11.4 Å². The lowest BCUT2D eigenvalue weighted by molar-refractivity contribution is -0.137. The summed E-state index contributed by atoms with van der Waals surface area (Å²) >= 11 is 6.71. The molecule has 2 fully saturated rings. The molecule has 0 bridgehead atoms. The second-order valence-electron chi connectivity index (χ2n) is 9.44. The number of anilines is 2. The van der Waals surface area contributed by atoms with Crippen LogP contribution in [-0.2, 0) is 15.7 Å². The molecule has 5 heterocycles. The normalized spacial score (nSPS) is 19.7. The Morgan fingerprint density at radius 1 is 1.21 bits per heavy atom. The molecule has 0 saturated carbocycles. The van der Waals surface area contributed by atoms with E-state index in [1.807, 2.05) is 0 Å². The molecule has 10 nitrogen and oxygen atoms in total. The second-order valence-corrected chi connectivity index (χ2v) is 9.82. The number of alkyl halides is 3. The zero-order valence-electron chi connectivity index (χ0n) is 21.1. The lowest BCUT2D eigenvalue weighted by Crippen LogP contribution is -2.57. The Labute approximate surface area is 227 Å². The van der Waals surface area contributed by atoms with Crippen molar-refractivity contribution in [3.63, 3.8) is 0 Å². The van der Waals surface area contributed by atoms with Crippen molar-refractivity contribution in [1.29, 1.82) is 0 Å². The van der Waals surface area contributed by atoms with Gasteiger partial charge in [0.15, 0.2) is 5.75 Å². The third-order valence-electron chi connectivity index (χ3n) is 6.99. The second kappa shape index (κ2) is 10.2. The van der Waals surface area contributed by atoms with Gasteiger partial charge in [0.1, 0.15) is 40.2 Å². The molecule has 2 saturated heterocycles. The Hall–Kier alpha value is -3.58. The van der Waals surface area contributed by atoms with E-state index >= 15 is 0 Å². The monoisotopic (exact) mass is 566 g/mol. The third-order valence-corrected chi connectivity index (χ3v) is 7.34. The fourth-order valence-corrected chi connectivity index (χ4v) is 5.44. The van der Waals surface area contributed by atoms with Crippen LogP contribution in [-0.4, -0.2) is 90.2 Å². The molecule has 0 aromatic carbocycles. The largest absolute Gasteiger partial charge is 0.489 e. The predicted molar refractivity (Wildman–Crippen MR) is 137 cm³/mol. The number of aromatic nitrogens is 2. The Kier molecular flexibility index (Phi) is 7.06. The number of hydrogen-bond acceptors (Lipinski definition) is 8. The number of carbonyl (C=O) groups is 2. The number of nitrogens with zero attached hydrogens (tertiary/aromatic N) is 5. The number of rotatable bonds is 3. The number of halogens is 4. The van der Waals surface area contributed by atoms with Gasteiger partial charge in [0, 0.05) is 32.7 Å². The summed E-state index contributed by atoms with van der Waals surface area (Å²) in [6.45, 7) is 6.81. The first kappa shape index (κ1) is 27.0. The molecule has 2 amide bonds. The molecular formula is C25H26ClF3N6O4. The van der Waals surface area contributed by atoms with Crippen LogP contribution in [0.5, 0.6) is 5.75 Å². The van der Waals surface area contributed by atoms with Crippen LogP contribution in [0.1, 0.15) is 21.5 Å². The maximum absolute atomic E-state index is 14.2. The van der Waals surface area contributed by atoms with Gasteiger partial charge in [0.05, 0.1) is 24.8 Å². The van der Waals surface area contributed by atoms with E-state index in [1.54, 1.807) is 14.7 Å². The van der Waals surface area contributed by atoms with Crippen molar-refractivity contribution in [2.45, 2.75) is 19.1 Å². The Morgan fingerprint density at radius 2 is 1.92 bits per heavy atom. The van der Waals surface area contributed by atoms with Crippen LogP contribution in [0, 0.1) is 6.92 Å². The van der Waals surface area contributed by atoms with E-state index in [2.05, 4.69) is 16.5 Å². The molecule has 0 radical (unpaired) electrons. The van der Waals surface area contributed by atoms with Crippen molar-refractivity contribution >= 4 is 35.1 Å². The number of nitrogens with two attached hydrogens (primary N) is 1. The lowest BCUT2D eigenvalue weighted by atomic mass is 10.0. The van der Waals surface area contributed by atoms with Gasteiger partial charge >= 0.3 is 6.18 Å². The molecule has 39 heavy (non-hydrogen) atoms. The predicted octanol–water partition coefficient (Wildman–Crippen LogP) is 2.77. The number of aryl methyl sites for hydroxylation is 1. The number of morpholine rings is 1.